The molecule has 0 saturated carbocycles. The summed E-state index contributed by atoms with van der Waals surface area (Å²) < 4.78 is 16.6. The molecule has 162 valence electrons. The second-order valence-electron chi connectivity index (χ2n) is 8.08. The van der Waals surface area contributed by atoms with E-state index in [1.165, 1.54) is 6.07 Å². The maximum atomic E-state index is 14.8. The van der Waals surface area contributed by atoms with E-state index < -0.39 is 17.9 Å². The molecule has 7 heteroatoms. The number of halogens is 1. The minimum absolute atomic E-state index is 0.316. The maximum absolute atomic E-state index is 14.8. The fraction of sp³-hybridized carbons (Fsp3) is 0.0769. The van der Waals surface area contributed by atoms with Crippen LogP contribution in [0.1, 0.15) is 22.1 Å². The highest BCUT2D eigenvalue weighted by Crippen LogP contribution is 2.35. The van der Waals surface area contributed by atoms with Gasteiger partial charge in [0, 0.05) is 34.6 Å². The molecule has 2 aromatic heterocycles. The van der Waals surface area contributed by atoms with Crippen LogP contribution in [0, 0.1) is 5.82 Å². The fourth-order valence-corrected chi connectivity index (χ4v) is 4.63. The van der Waals surface area contributed by atoms with Crippen molar-refractivity contribution in [2.45, 2.75) is 12.7 Å². The number of carbonyl (C=O) groups excluding carboxylic acids is 2. The molecular formula is C26H19FN4O2. The molecule has 1 aliphatic heterocycles. The van der Waals surface area contributed by atoms with Gasteiger partial charge < -0.3 is 20.2 Å². The number of H-pyrrole nitrogens is 1. The van der Waals surface area contributed by atoms with Crippen LogP contribution in [-0.4, -0.2) is 21.4 Å². The van der Waals surface area contributed by atoms with E-state index in [9.17, 15) is 14.0 Å². The standard InChI is InChI=1S/C26H19FN4O2/c27-20-10-3-1-9-18(20)22-12-15-6-5-7-16-13-29-26(33)24(31(22)23(15)16)30-25(32)19-14-28-21-11-4-2-8-17(19)21/h1-12,14,24,28H,13H2,(H,29,33)(H,30,32). The summed E-state index contributed by atoms with van der Waals surface area (Å²) in [6.45, 7) is 0.316. The lowest BCUT2D eigenvalue weighted by Crippen LogP contribution is -2.42. The normalized spacial score (nSPS) is 15.4. The van der Waals surface area contributed by atoms with E-state index in [4.69, 9.17) is 0 Å². The number of aromatic nitrogens is 2. The molecule has 1 atom stereocenters. The second-order valence-corrected chi connectivity index (χ2v) is 8.08. The van der Waals surface area contributed by atoms with E-state index in [0.717, 1.165) is 27.4 Å². The summed E-state index contributed by atoms with van der Waals surface area (Å²) >= 11 is 0. The van der Waals surface area contributed by atoms with Gasteiger partial charge in [-0.2, -0.15) is 0 Å². The summed E-state index contributed by atoms with van der Waals surface area (Å²) in [6, 6.07) is 21.5. The van der Waals surface area contributed by atoms with Crippen LogP contribution in [-0.2, 0) is 11.3 Å². The van der Waals surface area contributed by atoms with Crippen LogP contribution in [0.4, 0.5) is 4.39 Å². The number of carbonyl (C=O) groups is 2. The van der Waals surface area contributed by atoms with Gasteiger partial charge in [0.1, 0.15) is 5.82 Å². The van der Waals surface area contributed by atoms with Crippen LogP contribution in [0.15, 0.2) is 79.0 Å². The van der Waals surface area contributed by atoms with Crippen molar-refractivity contribution in [2.75, 3.05) is 0 Å². The summed E-state index contributed by atoms with van der Waals surface area (Å²) in [7, 11) is 0. The van der Waals surface area contributed by atoms with Crippen LogP contribution in [0.2, 0.25) is 0 Å². The highest BCUT2D eigenvalue weighted by molar-refractivity contribution is 6.08. The highest BCUT2D eigenvalue weighted by Gasteiger charge is 2.31. The molecule has 1 aliphatic rings. The molecule has 3 heterocycles. The lowest BCUT2D eigenvalue weighted by atomic mass is 10.1. The Hall–Kier alpha value is -4.39. The van der Waals surface area contributed by atoms with Gasteiger partial charge in [-0.25, -0.2) is 4.39 Å². The smallest absolute Gasteiger partial charge is 0.264 e. The van der Waals surface area contributed by atoms with Crippen LogP contribution in [0.5, 0.6) is 0 Å². The van der Waals surface area contributed by atoms with E-state index >= 15 is 0 Å². The Morgan fingerprint density at radius 2 is 1.85 bits per heavy atom. The summed E-state index contributed by atoms with van der Waals surface area (Å²) in [5.41, 5.74) is 3.84. The summed E-state index contributed by atoms with van der Waals surface area (Å²) in [4.78, 5) is 29.6. The van der Waals surface area contributed by atoms with Crippen molar-refractivity contribution in [3.8, 4) is 11.3 Å². The molecular weight excluding hydrogens is 419 g/mol. The molecule has 1 unspecified atom stereocenters. The maximum Gasteiger partial charge on any atom is 0.264 e. The predicted octanol–water partition coefficient (Wildman–Crippen LogP) is 4.49. The van der Waals surface area contributed by atoms with Crippen LogP contribution in [0.3, 0.4) is 0 Å². The Labute approximate surface area is 188 Å². The van der Waals surface area contributed by atoms with Crippen LogP contribution >= 0.6 is 0 Å². The highest BCUT2D eigenvalue weighted by atomic mass is 19.1. The number of rotatable bonds is 3. The largest absolute Gasteiger partial charge is 0.360 e. The van der Waals surface area contributed by atoms with Crippen molar-refractivity contribution in [1.82, 2.24) is 20.2 Å². The number of fused-ring (bicyclic) bond motifs is 1. The van der Waals surface area contributed by atoms with Gasteiger partial charge in [-0.1, -0.05) is 48.5 Å². The summed E-state index contributed by atoms with van der Waals surface area (Å²) in [6.07, 6.45) is 0.577. The van der Waals surface area contributed by atoms with Gasteiger partial charge in [-0.3, -0.25) is 9.59 Å². The first-order valence-electron chi connectivity index (χ1n) is 10.6. The summed E-state index contributed by atoms with van der Waals surface area (Å²) in [5.74, 6) is -1.16. The molecule has 3 aromatic carbocycles. The Morgan fingerprint density at radius 3 is 2.73 bits per heavy atom. The van der Waals surface area contributed by atoms with Crippen molar-refractivity contribution in [3.05, 3.63) is 95.9 Å². The van der Waals surface area contributed by atoms with Gasteiger partial charge in [0.2, 0.25) is 0 Å². The third kappa shape index (κ3) is 3.01. The molecule has 2 amide bonds. The molecule has 3 N–H and O–H groups in total. The van der Waals surface area contributed by atoms with Crippen LogP contribution < -0.4 is 10.6 Å². The van der Waals surface area contributed by atoms with Crippen molar-refractivity contribution in [1.29, 1.82) is 0 Å². The average Bonchev–Trinajstić information content (AvgIpc) is 3.40. The Morgan fingerprint density at radius 1 is 1.03 bits per heavy atom. The van der Waals surface area contributed by atoms with E-state index in [1.54, 1.807) is 29.0 Å². The van der Waals surface area contributed by atoms with Gasteiger partial charge in [-0.05, 0) is 29.8 Å². The quantitative estimate of drug-likeness (QED) is 0.388. The Balaban J connectivity index is 1.53. The van der Waals surface area contributed by atoms with Crippen molar-refractivity contribution in [2.24, 2.45) is 0 Å². The number of aromatic amines is 1. The molecule has 0 radical (unpaired) electrons. The molecule has 0 spiro atoms. The van der Waals surface area contributed by atoms with Crippen molar-refractivity contribution >= 4 is 33.6 Å². The van der Waals surface area contributed by atoms with E-state index in [0.29, 0.717) is 23.4 Å². The molecule has 0 aliphatic carbocycles. The van der Waals surface area contributed by atoms with Gasteiger partial charge >= 0.3 is 0 Å². The average molecular weight is 438 g/mol. The zero-order valence-electron chi connectivity index (χ0n) is 17.4. The predicted molar refractivity (Wildman–Crippen MR) is 124 cm³/mol. The molecule has 33 heavy (non-hydrogen) atoms. The van der Waals surface area contributed by atoms with Crippen LogP contribution in [0.25, 0.3) is 33.1 Å². The van der Waals surface area contributed by atoms with Gasteiger partial charge in [-0.15, -0.1) is 0 Å². The van der Waals surface area contributed by atoms with Crippen molar-refractivity contribution < 1.29 is 14.0 Å². The van der Waals surface area contributed by atoms with E-state index in [1.807, 2.05) is 48.5 Å². The molecule has 0 bridgehead atoms. The number of nitrogens with one attached hydrogen (secondary N) is 3. The molecule has 0 fully saturated rings. The molecule has 6 rings (SSSR count). The molecule has 6 nitrogen and oxygen atoms in total. The number of nitrogens with zero attached hydrogens (tertiary/aromatic N) is 1. The van der Waals surface area contributed by atoms with Crippen molar-refractivity contribution in [3.63, 3.8) is 0 Å². The number of hydrogen-bond donors (Lipinski definition) is 3. The number of amides is 2. The van der Waals surface area contributed by atoms with Gasteiger partial charge in [0.05, 0.1) is 16.8 Å². The third-order valence-corrected chi connectivity index (χ3v) is 6.15. The minimum atomic E-state index is -1.05. The number of hydrogen-bond acceptors (Lipinski definition) is 2. The first-order chi connectivity index (χ1) is 16.1. The first-order valence-corrected chi connectivity index (χ1v) is 10.6. The Kier molecular flexibility index (Phi) is 4.29. The third-order valence-electron chi connectivity index (χ3n) is 6.15. The zero-order valence-corrected chi connectivity index (χ0v) is 17.4. The lowest BCUT2D eigenvalue weighted by Gasteiger charge is -2.21. The fourth-order valence-electron chi connectivity index (χ4n) is 4.63. The van der Waals surface area contributed by atoms with Gasteiger partial charge in [0.25, 0.3) is 11.8 Å². The number of para-hydroxylation sites is 2. The monoisotopic (exact) mass is 438 g/mol. The van der Waals surface area contributed by atoms with E-state index in [2.05, 4.69) is 15.6 Å². The Bertz CT molecular complexity index is 1570. The molecule has 5 aromatic rings. The minimum Gasteiger partial charge on any atom is -0.360 e. The summed E-state index contributed by atoms with van der Waals surface area (Å²) in [5, 5.41) is 7.41. The van der Waals surface area contributed by atoms with Gasteiger partial charge in [0.15, 0.2) is 6.17 Å². The SMILES string of the molecule is O=C(NC1C(=O)NCc2cccc3cc(-c4ccccc4F)n1c23)c1c[nH]c2ccccc12. The number of benzene rings is 3. The zero-order chi connectivity index (χ0) is 22.5. The first kappa shape index (κ1) is 19.3. The topological polar surface area (TPSA) is 78.9 Å². The lowest BCUT2D eigenvalue weighted by molar-refractivity contribution is -0.124. The van der Waals surface area contributed by atoms with E-state index in [-0.39, 0.29) is 5.91 Å². The second kappa shape index (κ2) is 7.34. The molecule has 0 saturated heterocycles.